The Morgan fingerprint density at radius 3 is 2.19 bits per heavy atom. The highest BCUT2D eigenvalue weighted by Crippen LogP contribution is 2.33. The maximum Gasteiger partial charge on any atom is 0.337 e. The van der Waals surface area contributed by atoms with Crippen LogP contribution < -0.4 is 0 Å². The molecule has 0 N–H and O–H groups in total. The van der Waals surface area contributed by atoms with Gasteiger partial charge < -0.3 is 4.74 Å². The minimum Gasteiger partial charge on any atom is -0.465 e. The second kappa shape index (κ2) is 8.01. The second-order valence-corrected chi connectivity index (χ2v) is 8.56. The standard InChI is InChI=1S/C20H25NO4S/c1-14(2)19(16-9-7-6-8-10-16)21(4)26(23,24)18-12-11-17(13-15(18)3)20(22)25-5/h6-14,19H,1-5H3. The lowest BCUT2D eigenvalue weighted by atomic mass is 9.96. The number of nitrogens with zero attached hydrogens (tertiary/aromatic N) is 1. The van der Waals surface area contributed by atoms with Gasteiger partial charge in [-0.05, 0) is 42.2 Å². The average Bonchev–Trinajstić information content (AvgIpc) is 2.61. The highest BCUT2D eigenvalue weighted by molar-refractivity contribution is 7.89. The summed E-state index contributed by atoms with van der Waals surface area (Å²) in [5.74, 6) is -0.401. The zero-order valence-corrected chi connectivity index (χ0v) is 16.6. The number of sulfonamides is 1. The Hall–Kier alpha value is -2.18. The minimum absolute atomic E-state index is 0.0897. The fourth-order valence-corrected chi connectivity index (χ4v) is 4.83. The predicted octanol–water partition coefficient (Wildman–Crippen LogP) is 3.80. The molecule has 6 heteroatoms. The number of ether oxygens (including phenoxy) is 1. The van der Waals surface area contributed by atoms with Crippen LogP contribution in [0.15, 0.2) is 53.4 Å². The molecular formula is C20H25NO4S. The average molecular weight is 375 g/mol. The third-order valence-electron chi connectivity index (χ3n) is 4.42. The van der Waals surface area contributed by atoms with E-state index in [0.29, 0.717) is 11.1 Å². The van der Waals surface area contributed by atoms with Crippen molar-refractivity contribution >= 4 is 16.0 Å². The topological polar surface area (TPSA) is 63.7 Å². The molecule has 0 radical (unpaired) electrons. The first-order valence-electron chi connectivity index (χ1n) is 8.42. The third-order valence-corrected chi connectivity index (χ3v) is 6.42. The van der Waals surface area contributed by atoms with E-state index in [-0.39, 0.29) is 16.9 Å². The van der Waals surface area contributed by atoms with Crippen molar-refractivity contribution in [3.05, 3.63) is 65.2 Å². The Balaban J connectivity index is 2.47. The van der Waals surface area contributed by atoms with Crippen molar-refractivity contribution in [1.82, 2.24) is 4.31 Å². The number of carbonyl (C=O) groups excluding carboxylic acids is 1. The SMILES string of the molecule is COC(=O)c1ccc(S(=O)(=O)N(C)C(c2ccccc2)C(C)C)c(C)c1. The fourth-order valence-electron chi connectivity index (χ4n) is 3.15. The first-order chi connectivity index (χ1) is 12.2. The molecule has 0 aromatic heterocycles. The van der Waals surface area contributed by atoms with Gasteiger partial charge in [0.15, 0.2) is 0 Å². The Bertz CT molecular complexity index is 876. The van der Waals surface area contributed by atoms with E-state index >= 15 is 0 Å². The Morgan fingerprint density at radius 1 is 1.08 bits per heavy atom. The number of benzene rings is 2. The summed E-state index contributed by atoms with van der Waals surface area (Å²) in [5, 5.41) is 0. The summed E-state index contributed by atoms with van der Waals surface area (Å²) in [6.45, 7) is 5.67. The van der Waals surface area contributed by atoms with Crippen LogP contribution in [0.4, 0.5) is 0 Å². The highest BCUT2D eigenvalue weighted by Gasteiger charge is 2.32. The molecule has 2 rings (SSSR count). The summed E-state index contributed by atoms with van der Waals surface area (Å²) < 4.78 is 32.6. The number of carbonyl (C=O) groups is 1. The monoisotopic (exact) mass is 375 g/mol. The van der Waals surface area contributed by atoms with Gasteiger partial charge in [-0.1, -0.05) is 44.2 Å². The molecule has 140 valence electrons. The highest BCUT2D eigenvalue weighted by atomic mass is 32.2. The van der Waals surface area contributed by atoms with Gasteiger partial charge >= 0.3 is 5.97 Å². The second-order valence-electron chi connectivity index (χ2n) is 6.59. The molecule has 2 aromatic carbocycles. The number of esters is 1. The van der Waals surface area contributed by atoms with E-state index < -0.39 is 16.0 Å². The van der Waals surface area contributed by atoms with Crippen LogP contribution in [-0.4, -0.2) is 32.8 Å². The van der Waals surface area contributed by atoms with E-state index in [2.05, 4.69) is 0 Å². The van der Waals surface area contributed by atoms with E-state index in [1.807, 2.05) is 44.2 Å². The maximum atomic E-state index is 13.2. The van der Waals surface area contributed by atoms with E-state index in [1.54, 1.807) is 20.0 Å². The van der Waals surface area contributed by atoms with Crippen molar-refractivity contribution < 1.29 is 17.9 Å². The van der Waals surface area contributed by atoms with E-state index in [1.165, 1.54) is 23.5 Å². The molecule has 5 nitrogen and oxygen atoms in total. The van der Waals surface area contributed by atoms with Gasteiger partial charge in [-0.15, -0.1) is 0 Å². The molecule has 0 aliphatic heterocycles. The van der Waals surface area contributed by atoms with Crippen LogP contribution in [0.5, 0.6) is 0 Å². The van der Waals surface area contributed by atoms with Crippen molar-refractivity contribution in [2.75, 3.05) is 14.2 Å². The lowest BCUT2D eigenvalue weighted by molar-refractivity contribution is 0.0600. The number of aryl methyl sites for hydroxylation is 1. The molecule has 26 heavy (non-hydrogen) atoms. The number of rotatable bonds is 6. The lowest BCUT2D eigenvalue weighted by Crippen LogP contribution is -2.34. The van der Waals surface area contributed by atoms with Gasteiger partial charge in [0.25, 0.3) is 0 Å². The quantitative estimate of drug-likeness (QED) is 0.721. The third kappa shape index (κ3) is 3.97. The molecule has 0 aliphatic rings. The molecule has 0 amide bonds. The largest absolute Gasteiger partial charge is 0.465 e. The van der Waals surface area contributed by atoms with Crippen LogP contribution in [0.2, 0.25) is 0 Å². The van der Waals surface area contributed by atoms with Gasteiger partial charge in [-0.25, -0.2) is 13.2 Å². The first-order valence-corrected chi connectivity index (χ1v) is 9.86. The van der Waals surface area contributed by atoms with Gasteiger partial charge in [0.2, 0.25) is 10.0 Å². The van der Waals surface area contributed by atoms with Crippen LogP contribution in [0.25, 0.3) is 0 Å². The molecule has 0 saturated heterocycles. The summed E-state index contributed by atoms with van der Waals surface area (Å²) in [7, 11) is -0.837. The molecule has 0 bridgehead atoms. The van der Waals surface area contributed by atoms with Crippen molar-refractivity contribution in [2.24, 2.45) is 5.92 Å². The lowest BCUT2D eigenvalue weighted by Gasteiger charge is -2.31. The Morgan fingerprint density at radius 2 is 1.69 bits per heavy atom. The summed E-state index contributed by atoms with van der Waals surface area (Å²) in [6.07, 6.45) is 0. The molecule has 0 fully saturated rings. The van der Waals surface area contributed by atoms with Gasteiger partial charge in [-0.2, -0.15) is 4.31 Å². The molecule has 0 aliphatic carbocycles. The fraction of sp³-hybridized carbons (Fsp3) is 0.350. The smallest absolute Gasteiger partial charge is 0.337 e. The van der Waals surface area contributed by atoms with Crippen LogP contribution in [0, 0.1) is 12.8 Å². The van der Waals surface area contributed by atoms with Gasteiger partial charge in [0.05, 0.1) is 23.6 Å². The first kappa shape index (κ1) is 20.1. The van der Waals surface area contributed by atoms with Crippen molar-refractivity contribution in [3.63, 3.8) is 0 Å². The van der Waals surface area contributed by atoms with Crippen molar-refractivity contribution in [3.8, 4) is 0 Å². The summed E-state index contributed by atoms with van der Waals surface area (Å²) in [6, 6.07) is 13.8. The van der Waals surface area contributed by atoms with Crippen molar-refractivity contribution in [1.29, 1.82) is 0 Å². The summed E-state index contributed by atoms with van der Waals surface area (Å²) in [4.78, 5) is 11.9. The van der Waals surface area contributed by atoms with Gasteiger partial charge in [0.1, 0.15) is 0 Å². The Kier molecular flexibility index (Phi) is 6.21. The van der Waals surface area contributed by atoms with Crippen LogP contribution >= 0.6 is 0 Å². The van der Waals surface area contributed by atoms with Crippen LogP contribution in [-0.2, 0) is 14.8 Å². The van der Waals surface area contributed by atoms with Crippen molar-refractivity contribution in [2.45, 2.75) is 31.7 Å². The minimum atomic E-state index is -3.73. The van der Waals surface area contributed by atoms with Gasteiger partial charge in [-0.3, -0.25) is 0 Å². The molecule has 0 saturated carbocycles. The molecule has 2 aromatic rings. The molecule has 1 atom stereocenters. The van der Waals surface area contributed by atoms with E-state index in [0.717, 1.165) is 5.56 Å². The van der Waals surface area contributed by atoms with Crippen LogP contribution in [0.3, 0.4) is 0 Å². The number of hydrogen-bond acceptors (Lipinski definition) is 4. The van der Waals surface area contributed by atoms with E-state index in [4.69, 9.17) is 4.74 Å². The van der Waals surface area contributed by atoms with Crippen LogP contribution in [0.1, 0.15) is 41.4 Å². The Labute approximate surface area is 155 Å². The molecule has 0 spiro atoms. The molecular weight excluding hydrogens is 350 g/mol. The molecule has 0 heterocycles. The van der Waals surface area contributed by atoms with E-state index in [9.17, 15) is 13.2 Å². The molecule has 1 unspecified atom stereocenters. The normalized spacial score (nSPS) is 13.0. The predicted molar refractivity (Wildman–Crippen MR) is 101 cm³/mol. The zero-order valence-electron chi connectivity index (χ0n) is 15.8. The number of hydrogen-bond donors (Lipinski definition) is 0. The summed E-state index contributed by atoms with van der Waals surface area (Å²) in [5.41, 5.74) is 1.78. The van der Waals surface area contributed by atoms with Gasteiger partial charge in [0, 0.05) is 7.05 Å². The maximum absolute atomic E-state index is 13.2. The zero-order chi connectivity index (χ0) is 19.5. The summed E-state index contributed by atoms with van der Waals surface area (Å²) >= 11 is 0. The number of methoxy groups -OCH3 is 1.